The van der Waals surface area contributed by atoms with E-state index in [4.69, 9.17) is 23.7 Å². The van der Waals surface area contributed by atoms with Crippen LogP contribution in [0.4, 0.5) is 0 Å². The van der Waals surface area contributed by atoms with Gasteiger partial charge >= 0.3 is 5.97 Å². The third-order valence-corrected chi connectivity index (χ3v) is 13.3. The predicted octanol–water partition coefficient (Wildman–Crippen LogP) is 5.03. The summed E-state index contributed by atoms with van der Waals surface area (Å²) in [5.41, 5.74) is 0.611. The molecular formula is C45H71NO12. The molecule has 2 saturated heterocycles. The summed E-state index contributed by atoms with van der Waals surface area (Å²) in [6, 6.07) is -1.15. The summed E-state index contributed by atoms with van der Waals surface area (Å²) in [4.78, 5) is 57.9. The van der Waals surface area contributed by atoms with Gasteiger partial charge in [-0.2, -0.15) is 0 Å². The van der Waals surface area contributed by atoms with E-state index in [9.17, 15) is 34.5 Å². The lowest BCUT2D eigenvalue weighted by atomic mass is 9.76. The maximum atomic E-state index is 14.3. The number of fused-ring (bicyclic) bond motifs is 3. The number of ether oxygens (including phenoxy) is 5. The second-order valence-corrected chi connectivity index (χ2v) is 18.0. The molecule has 14 unspecified atom stereocenters. The van der Waals surface area contributed by atoms with Crippen LogP contribution >= 0.6 is 0 Å². The maximum Gasteiger partial charge on any atom is 0.329 e. The van der Waals surface area contributed by atoms with Crippen molar-refractivity contribution in [1.29, 1.82) is 0 Å². The van der Waals surface area contributed by atoms with Crippen molar-refractivity contribution in [1.82, 2.24) is 4.90 Å². The minimum atomic E-state index is -2.51. The van der Waals surface area contributed by atoms with E-state index in [1.807, 2.05) is 32.9 Å². The quantitative estimate of drug-likeness (QED) is 0.178. The van der Waals surface area contributed by atoms with Crippen molar-refractivity contribution in [2.24, 2.45) is 29.6 Å². The van der Waals surface area contributed by atoms with Crippen molar-refractivity contribution in [2.45, 2.75) is 166 Å². The SMILES string of the molecule is C=CCC1/C=C(\C)CC(C)CC(OC)C2OC(O)(C(=O)C(=O)N3CCCCC3C(=O)OC(C(C)=CC3CCC(C)(O)C(OC)C3)C(C)C(O)CC1=O)C(C)CC2OC. The molecule has 0 spiro atoms. The Kier molecular flexibility index (Phi) is 17.1. The number of hydrogen-bond donors (Lipinski definition) is 3. The molecule has 3 N–H and O–H groups in total. The fraction of sp³-hybridized carbons (Fsp3) is 0.778. The number of carbonyl (C=O) groups excluding carboxylic acids is 4. The van der Waals surface area contributed by atoms with E-state index >= 15 is 0 Å². The van der Waals surface area contributed by atoms with Gasteiger partial charge < -0.3 is 43.9 Å². The van der Waals surface area contributed by atoms with Gasteiger partial charge in [-0.3, -0.25) is 14.4 Å². The first-order valence-corrected chi connectivity index (χ1v) is 21.3. The third kappa shape index (κ3) is 11.1. The van der Waals surface area contributed by atoms with E-state index in [-0.39, 0.29) is 43.4 Å². The molecule has 1 aliphatic carbocycles. The highest BCUT2D eigenvalue weighted by molar-refractivity contribution is 6.39. The predicted molar refractivity (Wildman–Crippen MR) is 217 cm³/mol. The van der Waals surface area contributed by atoms with Gasteiger partial charge in [0.15, 0.2) is 0 Å². The van der Waals surface area contributed by atoms with Crippen LogP contribution in [0.2, 0.25) is 0 Å². The number of methoxy groups -OCH3 is 3. The van der Waals surface area contributed by atoms with Crippen LogP contribution in [0.25, 0.3) is 0 Å². The van der Waals surface area contributed by atoms with Crippen molar-refractivity contribution in [3.8, 4) is 0 Å². The normalized spacial score (nSPS) is 41.8. The molecule has 13 heteroatoms. The van der Waals surface area contributed by atoms with E-state index < -0.39 is 89.5 Å². The third-order valence-electron chi connectivity index (χ3n) is 13.3. The number of ketones is 2. The van der Waals surface area contributed by atoms with Crippen LogP contribution in [0, 0.1) is 29.6 Å². The zero-order valence-corrected chi connectivity index (χ0v) is 36.3. The lowest BCUT2D eigenvalue weighted by molar-refractivity contribution is -0.302. The minimum absolute atomic E-state index is 0.00790. The van der Waals surface area contributed by atoms with Crippen molar-refractivity contribution < 1.29 is 58.2 Å². The molecule has 0 aromatic heterocycles. The molecule has 13 nitrogen and oxygen atoms in total. The average molecular weight is 818 g/mol. The largest absolute Gasteiger partial charge is 0.456 e. The molecule has 328 valence electrons. The summed E-state index contributed by atoms with van der Waals surface area (Å²) in [5, 5.41) is 34.7. The summed E-state index contributed by atoms with van der Waals surface area (Å²) in [6.07, 6.45) is 5.35. The molecule has 4 rings (SSSR count). The first-order chi connectivity index (χ1) is 27.3. The minimum Gasteiger partial charge on any atom is -0.456 e. The second kappa shape index (κ2) is 20.7. The number of aliphatic hydroxyl groups is 3. The molecule has 4 aliphatic rings. The Morgan fingerprint density at radius 1 is 0.983 bits per heavy atom. The van der Waals surface area contributed by atoms with Crippen molar-refractivity contribution in [3.63, 3.8) is 0 Å². The van der Waals surface area contributed by atoms with E-state index in [0.717, 1.165) is 5.57 Å². The van der Waals surface area contributed by atoms with Gasteiger partial charge in [0.05, 0.1) is 30.0 Å². The molecule has 3 aliphatic heterocycles. The van der Waals surface area contributed by atoms with Crippen LogP contribution in [0.1, 0.15) is 112 Å². The molecule has 0 aromatic rings. The lowest BCUT2D eigenvalue weighted by Crippen LogP contribution is -2.64. The molecule has 2 bridgehead atoms. The Morgan fingerprint density at radius 3 is 2.29 bits per heavy atom. The number of esters is 1. The van der Waals surface area contributed by atoms with Crippen LogP contribution in [0.5, 0.6) is 0 Å². The average Bonchev–Trinajstić information content (AvgIpc) is 3.18. The first-order valence-electron chi connectivity index (χ1n) is 21.3. The Balaban J connectivity index is 1.78. The zero-order valence-electron chi connectivity index (χ0n) is 36.3. The van der Waals surface area contributed by atoms with E-state index in [2.05, 4.69) is 6.58 Å². The van der Waals surface area contributed by atoms with Gasteiger partial charge in [-0.15, -0.1) is 6.58 Å². The molecule has 3 heterocycles. The number of amides is 1. The highest BCUT2D eigenvalue weighted by atomic mass is 16.7. The second-order valence-electron chi connectivity index (χ2n) is 18.0. The van der Waals surface area contributed by atoms with Crippen molar-refractivity contribution in [2.75, 3.05) is 27.9 Å². The number of piperidine rings is 1. The molecule has 1 amide bonds. The lowest BCUT2D eigenvalue weighted by Gasteiger charge is -2.47. The van der Waals surface area contributed by atoms with Crippen LogP contribution in [0.15, 0.2) is 36.0 Å². The smallest absolute Gasteiger partial charge is 0.329 e. The molecule has 0 aromatic carbocycles. The number of carbonyl (C=O) groups is 4. The van der Waals surface area contributed by atoms with Gasteiger partial charge in [0.25, 0.3) is 11.7 Å². The van der Waals surface area contributed by atoms with Crippen LogP contribution < -0.4 is 0 Å². The highest BCUT2D eigenvalue weighted by Gasteiger charge is 2.56. The van der Waals surface area contributed by atoms with Gasteiger partial charge in [0.1, 0.15) is 24.0 Å². The van der Waals surface area contributed by atoms with Gasteiger partial charge in [0.2, 0.25) is 5.79 Å². The van der Waals surface area contributed by atoms with Crippen LogP contribution in [0.3, 0.4) is 0 Å². The number of cyclic esters (lactones) is 1. The molecule has 3 fully saturated rings. The highest BCUT2D eigenvalue weighted by Crippen LogP contribution is 2.40. The number of allylic oxidation sites excluding steroid dienone is 4. The molecule has 1 saturated carbocycles. The van der Waals surface area contributed by atoms with Crippen LogP contribution in [-0.2, 0) is 42.9 Å². The van der Waals surface area contributed by atoms with Crippen LogP contribution in [-0.4, -0.2) is 126 Å². The zero-order chi connectivity index (χ0) is 43.1. The summed E-state index contributed by atoms with van der Waals surface area (Å²) in [6.45, 7) is 14.9. The van der Waals surface area contributed by atoms with Gasteiger partial charge in [0, 0.05) is 52.0 Å². The summed E-state index contributed by atoms with van der Waals surface area (Å²) >= 11 is 0. The molecule has 0 radical (unpaired) electrons. The van der Waals surface area contributed by atoms with Gasteiger partial charge in [-0.05, 0) is 102 Å². The monoisotopic (exact) mass is 817 g/mol. The van der Waals surface area contributed by atoms with Crippen molar-refractivity contribution in [3.05, 3.63) is 36.0 Å². The summed E-state index contributed by atoms with van der Waals surface area (Å²) in [5.74, 6) is -7.81. The number of Topliss-reactive ketones (excluding diaryl/α,β-unsaturated/α-hetero) is 2. The molecule has 14 atom stereocenters. The Labute approximate surface area is 345 Å². The topological polar surface area (TPSA) is 178 Å². The first kappa shape index (κ1) is 47.9. The van der Waals surface area contributed by atoms with Gasteiger partial charge in [-0.1, -0.05) is 44.6 Å². The van der Waals surface area contributed by atoms with Gasteiger partial charge in [-0.25, -0.2) is 4.79 Å². The van der Waals surface area contributed by atoms with E-state index in [1.165, 1.54) is 19.1 Å². The molecule has 58 heavy (non-hydrogen) atoms. The number of hydrogen-bond acceptors (Lipinski definition) is 12. The fourth-order valence-corrected chi connectivity index (χ4v) is 9.66. The molecular weight excluding hydrogens is 746 g/mol. The Hall–Kier alpha value is -2.78. The number of nitrogens with zero attached hydrogens (tertiary/aromatic N) is 1. The maximum absolute atomic E-state index is 14.3. The standard InChI is InChI=1S/C45H71NO12/c1-11-14-32-20-26(2)19-27(3)21-36(54-8)40-37(55-9)23-29(5)45(53,58-40)41(49)42(50)46-18-13-12-15-33(46)43(51)57-39(30(6)34(47)25-35(32)48)28(4)22-31-16-17-44(7,52)38(24-31)56-10/h11,20,22,27,29-34,36-40,47,52-53H,1,12-19,21,23-25H2,2-10H3/b26-20+,28-22?. The fourth-order valence-electron chi connectivity index (χ4n) is 9.66. The summed E-state index contributed by atoms with van der Waals surface area (Å²) < 4.78 is 29.9. The van der Waals surface area contributed by atoms with Crippen molar-refractivity contribution >= 4 is 23.4 Å². The summed E-state index contributed by atoms with van der Waals surface area (Å²) in [7, 11) is 4.62. The van der Waals surface area contributed by atoms with E-state index in [1.54, 1.807) is 34.0 Å². The Morgan fingerprint density at radius 2 is 1.66 bits per heavy atom. The number of rotatable bonds is 7. The Bertz CT molecular complexity index is 1520. The van der Waals surface area contributed by atoms with E-state index in [0.29, 0.717) is 56.9 Å². The number of aliphatic hydroxyl groups excluding tert-OH is 1.